The van der Waals surface area contributed by atoms with Gasteiger partial charge in [0.25, 0.3) is 0 Å². The fourth-order valence-electron chi connectivity index (χ4n) is 1.02. The first kappa shape index (κ1) is 11.1. The Morgan fingerprint density at radius 1 is 1.47 bits per heavy atom. The van der Waals surface area contributed by atoms with Gasteiger partial charge in [0.1, 0.15) is 23.7 Å². The van der Waals surface area contributed by atoms with Crippen LogP contribution in [0.4, 0.5) is 8.78 Å². The van der Waals surface area contributed by atoms with E-state index in [1.807, 2.05) is 0 Å². The average molecular weight is 212 g/mol. The van der Waals surface area contributed by atoms with Crippen LogP contribution in [0.3, 0.4) is 0 Å². The third kappa shape index (κ3) is 2.08. The molecule has 0 bridgehead atoms. The van der Waals surface area contributed by atoms with Gasteiger partial charge in [-0.05, 0) is 6.07 Å². The maximum Gasteiger partial charge on any atom is 0.325 e. The van der Waals surface area contributed by atoms with Crippen molar-refractivity contribution in [1.82, 2.24) is 0 Å². The van der Waals surface area contributed by atoms with Gasteiger partial charge in [0, 0.05) is 11.6 Å². The van der Waals surface area contributed by atoms with Crippen molar-refractivity contribution in [2.75, 3.05) is 0 Å². The lowest BCUT2D eigenvalue weighted by molar-refractivity contribution is -0.138. The minimum absolute atomic E-state index is 0.416. The monoisotopic (exact) mass is 212 g/mol. The largest absolute Gasteiger partial charge is 0.480 e. The fraction of sp³-hybridized carbons (Fsp3) is 0.111. The Kier molecular flexibility index (Phi) is 2.97. The standard InChI is InChI=1S/C9H6F2N2O2/c10-6-2-7(11)5(1-4(6)3-12)8(13)9(14)15/h1-2,8H,13H2,(H,14,15). The number of carboxylic acids is 1. The number of carbonyl (C=O) groups is 1. The zero-order valence-electron chi connectivity index (χ0n) is 7.37. The quantitative estimate of drug-likeness (QED) is 0.763. The Morgan fingerprint density at radius 3 is 2.53 bits per heavy atom. The predicted octanol–water partition coefficient (Wildman–Crippen LogP) is 0.921. The number of nitrogens with two attached hydrogens (primary N) is 1. The second-order valence-electron chi connectivity index (χ2n) is 2.78. The number of rotatable bonds is 2. The van der Waals surface area contributed by atoms with E-state index in [0.717, 1.165) is 6.07 Å². The van der Waals surface area contributed by atoms with E-state index in [4.69, 9.17) is 16.1 Å². The van der Waals surface area contributed by atoms with Gasteiger partial charge in [-0.2, -0.15) is 5.26 Å². The Morgan fingerprint density at radius 2 is 2.07 bits per heavy atom. The molecule has 15 heavy (non-hydrogen) atoms. The molecule has 1 aromatic rings. The van der Waals surface area contributed by atoms with Crippen LogP contribution in [0, 0.1) is 23.0 Å². The number of benzene rings is 1. The SMILES string of the molecule is N#Cc1cc(C(N)C(=O)O)c(F)cc1F. The molecule has 0 aliphatic heterocycles. The van der Waals surface area contributed by atoms with E-state index in [1.54, 1.807) is 0 Å². The molecule has 1 aromatic carbocycles. The van der Waals surface area contributed by atoms with Crippen molar-refractivity contribution in [3.63, 3.8) is 0 Å². The molecule has 0 amide bonds. The number of nitrogens with zero attached hydrogens (tertiary/aromatic N) is 1. The third-order valence-electron chi connectivity index (χ3n) is 1.81. The molecule has 0 saturated carbocycles. The topological polar surface area (TPSA) is 87.1 Å². The number of hydrogen-bond donors (Lipinski definition) is 2. The van der Waals surface area contributed by atoms with Gasteiger partial charge in [-0.1, -0.05) is 0 Å². The molecule has 4 nitrogen and oxygen atoms in total. The van der Waals surface area contributed by atoms with Gasteiger partial charge in [0.2, 0.25) is 0 Å². The minimum atomic E-state index is -1.61. The highest BCUT2D eigenvalue weighted by Gasteiger charge is 2.20. The van der Waals surface area contributed by atoms with Gasteiger partial charge in [-0.25, -0.2) is 8.78 Å². The van der Waals surface area contributed by atoms with Crippen LogP contribution in [0.25, 0.3) is 0 Å². The van der Waals surface area contributed by atoms with Gasteiger partial charge in [-0.3, -0.25) is 4.79 Å². The number of carboxylic acid groups (broad SMARTS) is 1. The highest BCUT2D eigenvalue weighted by molar-refractivity contribution is 5.75. The van der Waals surface area contributed by atoms with E-state index in [1.165, 1.54) is 6.07 Å². The molecule has 6 heteroatoms. The van der Waals surface area contributed by atoms with Crippen molar-refractivity contribution in [3.05, 3.63) is 34.9 Å². The number of hydrogen-bond acceptors (Lipinski definition) is 3. The van der Waals surface area contributed by atoms with E-state index >= 15 is 0 Å². The van der Waals surface area contributed by atoms with E-state index < -0.39 is 34.8 Å². The summed E-state index contributed by atoms with van der Waals surface area (Å²) in [6, 6.07) is 1.09. The maximum absolute atomic E-state index is 13.1. The summed E-state index contributed by atoms with van der Waals surface area (Å²) in [5, 5.41) is 17.0. The summed E-state index contributed by atoms with van der Waals surface area (Å²) in [6.45, 7) is 0. The molecule has 0 fully saturated rings. The summed E-state index contributed by atoms with van der Waals surface area (Å²) >= 11 is 0. The summed E-state index contributed by atoms with van der Waals surface area (Å²) in [5.41, 5.74) is 4.28. The van der Waals surface area contributed by atoms with E-state index in [9.17, 15) is 13.6 Å². The molecule has 0 aromatic heterocycles. The summed E-state index contributed by atoms with van der Waals surface area (Å²) in [5.74, 6) is -3.58. The lowest BCUT2D eigenvalue weighted by Crippen LogP contribution is -2.22. The average Bonchev–Trinajstić information content (AvgIpc) is 2.17. The molecule has 0 saturated heterocycles. The highest BCUT2D eigenvalue weighted by Crippen LogP contribution is 2.19. The first-order valence-electron chi connectivity index (χ1n) is 3.84. The van der Waals surface area contributed by atoms with Crippen LogP contribution in [0.5, 0.6) is 0 Å². The molecule has 0 spiro atoms. The molecule has 0 heterocycles. The Balaban J connectivity index is 3.32. The Bertz CT molecular complexity index is 454. The molecule has 0 radical (unpaired) electrons. The van der Waals surface area contributed by atoms with Gasteiger partial charge in [-0.15, -0.1) is 0 Å². The molecule has 78 valence electrons. The first-order valence-corrected chi connectivity index (χ1v) is 3.84. The lowest BCUT2D eigenvalue weighted by atomic mass is 10.0. The molecule has 3 N–H and O–H groups in total. The van der Waals surface area contributed by atoms with Crippen molar-refractivity contribution < 1.29 is 18.7 Å². The van der Waals surface area contributed by atoms with Crippen LogP contribution in [0.1, 0.15) is 17.2 Å². The van der Waals surface area contributed by atoms with E-state index in [2.05, 4.69) is 0 Å². The number of halogens is 2. The molecule has 0 aliphatic rings. The van der Waals surface area contributed by atoms with E-state index in [0.29, 0.717) is 6.07 Å². The van der Waals surface area contributed by atoms with Crippen LogP contribution >= 0.6 is 0 Å². The van der Waals surface area contributed by atoms with Crippen molar-refractivity contribution in [3.8, 4) is 6.07 Å². The van der Waals surface area contributed by atoms with Crippen molar-refractivity contribution in [2.24, 2.45) is 5.73 Å². The molecular weight excluding hydrogens is 206 g/mol. The van der Waals surface area contributed by atoms with Crippen LogP contribution in [0.15, 0.2) is 12.1 Å². The van der Waals surface area contributed by atoms with E-state index in [-0.39, 0.29) is 0 Å². The second-order valence-corrected chi connectivity index (χ2v) is 2.78. The molecule has 1 rings (SSSR count). The minimum Gasteiger partial charge on any atom is -0.480 e. The summed E-state index contributed by atoms with van der Waals surface area (Å²) < 4.78 is 25.9. The van der Waals surface area contributed by atoms with Crippen LogP contribution < -0.4 is 5.73 Å². The van der Waals surface area contributed by atoms with Crippen LogP contribution in [0.2, 0.25) is 0 Å². The predicted molar refractivity (Wildman–Crippen MR) is 45.6 cm³/mol. The van der Waals surface area contributed by atoms with Gasteiger partial charge >= 0.3 is 5.97 Å². The lowest BCUT2D eigenvalue weighted by Gasteiger charge is -2.08. The maximum atomic E-state index is 13.1. The molecule has 0 aliphatic carbocycles. The van der Waals surface area contributed by atoms with Crippen molar-refractivity contribution in [1.29, 1.82) is 5.26 Å². The summed E-state index contributed by atoms with van der Waals surface area (Å²) in [7, 11) is 0. The molecular formula is C9H6F2N2O2. The zero-order valence-corrected chi connectivity index (χ0v) is 7.37. The van der Waals surface area contributed by atoms with Gasteiger partial charge in [0.15, 0.2) is 0 Å². The molecule has 1 atom stereocenters. The summed E-state index contributed by atoms with van der Waals surface area (Å²) in [4.78, 5) is 10.5. The third-order valence-corrected chi connectivity index (χ3v) is 1.81. The second kappa shape index (κ2) is 4.02. The van der Waals surface area contributed by atoms with Crippen molar-refractivity contribution in [2.45, 2.75) is 6.04 Å². The van der Waals surface area contributed by atoms with Crippen LogP contribution in [-0.2, 0) is 4.79 Å². The fourth-order valence-corrected chi connectivity index (χ4v) is 1.02. The van der Waals surface area contributed by atoms with Gasteiger partial charge in [0.05, 0.1) is 5.56 Å². The van der Waals surface area contributed by atoms with Crippen molar-refractivity contribution >= 4 is 5.97 Å². The normalized spacial score (nSPS) is 11.9. The summed E-state index contributed by atoms with van der Waals surface area (Å²) in [6.07, 6.45) is 0. The van der Waals surface area contributed by atoms with Gasteiger partial charge < -0.3 is 10.8 Å². The first-order chi connectivity index (χ1) is 6.97. The number of nitriles is 1. The smallest absolute Gasteiger partial charge is 0.325 e. The highest BCUT2D eigenvalue weighted by atomic mass is 19.1. The zero-order chi connectivity index (χ0) is 11.6. The Labute approximate surface area is 83.5 Å². The Hall–Kier alpha value is -2.00. The molecule has 1 unspecified atom stereocenters. The number of aliphatic carboxylic acids is 1. The van der Waals surface area contributed by atoms with Crippen LogP contribution in [-0.4, -0.2) is 11.1 Å².